The zero-order valence-corrected chi connectivity index (χ0v) is 14.9. The number of guanidine groups is 1. The molecule has 0 saturated heterocycles. The molecule has 1 aromatic heterocycles. The van der Waals surface area contributed by atoms with Crippen molar-refractivity contribution in [2.45, 2.75) is 32.7 Å². The summed E-state index contributed by atoms with van der Waals surface area (Å²) in [6, 6.07) is 4.44. The molecule has 0 bridgehead atoms. The number of halogens is 2. The number of hydrogen-bond acceptors (Lipinski definition) is 4. The monoisotopic (exact) mass is 353 g/mol. The van der Waals surface area contributed by atoms with E-state index in [1.807, 2.05) is 13.8 Å². The minimum atomic E-state index is -0.347. The van der Waals surface area contributed by atoms with Gasteiger partial charge in [-0.3, -0.25) is 4.99 Å². The van der Waals surface area contributed by atoms with Crippen molar-refractivity contribution in [1.82, 2.24) is 20.8 Å². The lowest BCUT2D eigenvalue weighted by molar-refractivity contribution is 0.371. The Hall–Kier alpha value is -2.15. The van der Waals surface area contributed by atoms with Crippen molar-refractivity contribution in [3.05, 3.63) is 46.3 Å². The molecule has 0 aliphatic heterocycles. The molecule has 1 aromatic carbocycles. The van der Waals surface area contributed by atoms with Crippen LogP contribution < -0.4 is 10.6 Å². The average molecular weight is 354 g/mol. The van der Waals surface area contributed by atoms with Gasteiger partial charge in [0.15, 0.2) is 11.8 Å². The molecule has 2 rings (SSSR count). The van der Waals surface area contributed by atoms with Crippen LogP contribution in [0.1, 0.15) is 31.1 Å². The first-order chi connectivity index (χ1) is 11.3. The molecule has 24 heavy (non-hydrogen) atoms. The molecular weight excluding hydrogens is 333 g/mol. The molecule has 0 fully saturated rings. The minimum Gasteiger partial charge on any atom is -0.356 e. The Kier molecular flexibility index (Phi) is 5.77. The molecule has 8 heteroatoms. The van der Waals surface area contributed by atoms with Gasteiger partial charge in [-0.25, -0.2) is 4.39 Å². The summed E-state index contributed by atoms with van der Waals surface area (Å²) in [6.45, 7) is 6.73. The number of aryl methyl sites for hydroxylation is 1. The highest BCUT2D eigenvalue weighted by atomic mass is 35.5. The van der Waals surface area contributed by atoms with Gasteiger partial charge in [-0.2, -0.15) is 4.98 Å². The first-order valence-electron chi connectivity index (χ1n) is 7.51. The molecule has 0 aliphatic carbocycles. The Morgan fingerprint density at radius 2 is 2.12 bits per heavy atom. The van der Waals surface area contributed by atoms with Crippen molar-refractivity contribution < 1.29 is 8.91 Å². The second-order valence-electron chi connectivity index (χ2n) is 6.02. The molecule has 0 aliphatic rings. The fourth-order valence-electron chi connectivity index (χ4n) is 2.23. The van der Waals surface area contributed by atoms with E-state index in [1.165, 1.54) is 12.1 Å². The van der Waals surface area contributed by atoms with Crippen LogP contribution in [0.3, 0.4) is 0 Å². The summed E-state index contributed by atoms with van der Waals surface area (Å²) in [5.41, 5.74) is 0.546. The Balaban J connectivity index is 1.96. The number of benzene rings is 1. The van der Waals surface area contributed by atoms with Gasteiger partial charge >= 0.3 is 0 Å². The largest absolute Gasteiger partial charge is 0.356 e. The van der Waals surface area contributed by atoms with E-state index >= 15 is 0 Å². The van der Waals surface area contributed by atoms with Crippen LogP contribution >= 0.6 is 11.6 Å². The van der Waals surface area contributed by atoms with Crippen molar-refractivity contribution in [3.63, 3.8) is 0 Å². The maximum absolute atomic E-state index is 13.2. The van der Waals surface area contributed by atoms with Crippen LogP contribution in [0.5, 0.6) is 0 Å². The van der Waals surface area contributed by atoms with Gasteiger partial charge in [0.05, 0.1) is 6.54 Å². The van der Waals surface area contributed by atoms with E-state index in [2.05, 4.69) is 25.8 Å². The quantitative estimate of drug-likeness (QED) is 0.638. The second kappa shape index (κ2) is 7.61. The number of aliphatic imine (C=N–C) groups is 1. The highest BCUT2D eigenvalue weighted by molar-refractivity contribution is 6.31. The van der Waals surface area contributed by atoms with Crippen molar-refractivity contribution in [2.75, 3.05) is 13.6 Å². The van der Waals surface area contributed by atoms with E-state index in [-0.39, 0.29) is 11.2 Å². The maximum atomic E-state index is 13.2. The van der Waals surface area contributed by atoms with Crippen LogP contribution in [0.25, 0.3) is 0 Å². The molecule has 1 heterocycles. The predicted octanol–water partition coefficient (Wildman–Crippen LogP) is 2.81. The van der Waals surface area contributed by atoms with Crippen LogP contribution in [0.4, 0.5) is 4.39 Å². The zero-order valence-electron chi connectivity index (χ0n) is 14.2. The Morgan fingerprint density at radius 3 is 2.71 bits per heavy atom. The van der Waals surface area contributed by atoms with E-state index in [0.717, 1.165) is 5.56 Å². The third kappa shape index (κ3) is 4.67. The third-order valence-electron chi connectivity index (χ3n) is 3.56. The molecule has 0 amide bonds. The molecule has 2 N–H and O–H groups in total. The lowest BCUT2D eigenvalue weighted by Crippen LogP contribution is -2.43. The predicted molar refractivity (Wildman–Crippen MR) is 91.7 cm³/mol. The van der Waals surface area contributed by atoms with Gasteiger partial charge in [0.2, 0.25) is 5.89 Å². The summed E-state index contributed by atoms with van der Waals surface area (Å²) in [5.74, 6) is 1.31. The summed E-state index contributed by atoms with van der Waals surface area (Å²) in [5, 5.41) is 10.5. The number of nitrogens with zero attached hydrogens (tertiary/aromatic N) is 3. The van der Waals surface area contributed by atoms with E-state index in [9.17, 15) is 4.39 Å². The van der Waals surface area contributed by atoms with Crippen molar-refractivity contribution in [3.8, 4) is 0 Å². The average Bonchev–Trinajstić information content (AvgIpc) is 2.92. The zero-order chi connectivity index (χ0) is 17.7. The summed E-state index contributed by atoms with van der Waals surface area (Å²) >= 11 is 6.17. The number of hydrogen-bond donors (Lipinski definition) is 2. The van der Waals surface area contributed by atoms with Gasteiger partial charge in [0.25, 0.3) is 0 Å². The third-order valence-corrected chi connectivity index (χ3v) is 3.87. The standard InChI is InChI=1S/C16H21ClFN5O/c1-10-22-14(24-23-10)8-20-15(19-4)21-9-16(2,3)12-6-5-11(18)7-13(12)17/h5-7H,8-9H2,1-4H3,(H2,19,20,21). The van der Waals surface area contributed by atoms with Crippen molar-refractivity contribution >= 4 is 17.6 Å². The highest BCUT2D eigenvalue weighted by Gasteiger charge is 2.24. The molecule has 0 spiro atoms. The Morgan fingerprint density at radius 1 is 1.38 bits per heavy atom. The van der Waals surface area contributed by atoms with Gasteiger partial charge in [-0.15, -0.1) is 0 Å². The highest BCUT2D eigenvalue weighted by Crippen LogP contribution is 2.29. The molecule has 2 aromatic rings. The first-order valence-corrected chi connectivity index (χ1v) is 7.89. The van der Waals surface area contributed by atoms with E-state index < -0.39 is 0 Å². The van der Waals surface area contributed by atoms with Gasteiger partial charge in [0.1, 0.15) is 5.82 Å². The van der Waals surface area contributed by atoms with Crippen LogP contribution in [0.2, 0.25) is 5.02 Å². The van der Waals surface area contributed by atoms with Crippen LogP contribution in [-0.4, -0.2) is 29.7 Å². The van der Waals surface area contributed by atoms with Crippen LogP contribution in [0.15, 0.2) is 27.7 Å². The van der Waals surface area contributed by atoms with Crippen LogP contribution in [0, 0.1) is 12.7 Å². The SMILES string of the molecule is CN=C(NCc1nc(C)no1)NCC(C)(C)c1ccc(F)cc1Cl. The normalized spacial score (nSPS) is 12.3. The first kappa shape index (κ1) is 18.2. The topological polar surface area (TPSA) is 75.3 Å². The van der Waals surface area contributed by atoms with Gasteiger partial charge < -0.3 is 15.2 Å². The smallest absolute Gasteiger partial charge is 0.246 e. The second-order valence-corrected chi connectivity index (χ2v) is 6.43. The van der Waals surface area contributed by atoms with E-state index in [4.69, 9.17) is 16.1 Å². The fraction of sp³-hybridized carbons (Fsp3) is 0.438. The number of nitrogens with one attached hydrogen (secondary N) is 2. The number of aromatic nitrogens is 2. The van der Waals surface area contributed by atoms with Crippen LogP contribution in [-0.2, 0) is 12.0 Å². The molecule has 0 unspecified atom stereocenters. The van der Waals surface area contributed by atoms with Gasteiger partial charge in [-0.1, -0.05) is 36.7 Å². The number of rotatable bonds is 5. The van der Waals surface area contributed by atoms with Gasteiger partial charge in [0, 0.05) is 24.0 Å². The lowest BCUT2D eigenvalue weighted by Gasteiger charge is -2.27. The Labute approximate surface area is 145 Å². The summed E-state index contributed by atoms with van der Waals surface area (Å²) in [7, 11) is 1.67. The molecule has 0 saturated carbocycles. The summed E-state index contributed by atoms with van der Waals surface area (Å²) in [4.78, 5) is 8.27. The molecule has 0 atom stereocenters. The summed E-state index contributed by atoms with van der Waals surface area (Å²) < 4.78 is 18.3. The molecular formula is C16H21ClFN5O. The molecule has 130 valence electrons. The Bertz CT molecular complexity index is 729. The minimum absolute atomic E-state index is 0.316. The maximum Gasteiger partial charge on any atom is 0.246 e. The summed E-state index contributed by atoms with van der Waals surface area (Å²) in [6.07, 6.45) is 0. The van der Waals surface area contributed by atoms with Gasteiger partial charge in [-0.05, 0) is 24.6 Å². The van der Waals surface area contributed by atoms with E-state index in [0.29, 0.717) is 35.8 Å². The van der Waals surface area contributed by atoms with Crippen molar-refractivity contribution in [2.24, 2.45) is 4.99 Å². The fourth-order valence-corrected chi connectivity index (χ4v) is 2.65. The molecule has 6 nitrogen and oxygen atoms in total. The van der Waals surface area contributed by atoms with E-state index in [1.54, 1.807) is 20.0 Å². The molecule has 0 radical (unpaired) electrons. The van der Waals surface area contributed by atoms with Crippen molar-refractivity contribution in [1.29, 1.82) is 0 Å². The lowest BCUT2D eigenvalue weighted by atomic mass is 9.84.